The third-order valence-corrected chi connectivity index (χ3v) is 5.03. The lowest BCUT2D eigenvalue weighted by Gasteiger charge is -2.36. The molecule has 146 valence electrons. The van der Waals surface area contributed by atoms with Crippen molar-refractivity contribution in [2.75, 3.05) is 53.1 Å². The van der Waals surface area contributed by atoms with E-state index in [1.165, 1.54) is 0 Å². The van der Waals surface area contributed by atoms with Gasteiger partial charge in [-0.2, -0.15) is 0 Å². The van der Waals surface area contributed by atoms with E-state index >= 15 is 0 Å². The van der Waals surface area contributed by atoms with Crippen LogP contribution in [-0.2, 0) is 14.3 Å². The van der Waals surface area contributed by atoms with Gasteiger partial charge < -0.3 is 24.4 Å². The van der Waals surface area contributed by atoms with E-state index in [9.17, 15) is 4.79 Å². The molecule has 1 unspecified atom stereocenters. The Morgan fingerprint density at radius 1 is 1.31 bits per heavy atom. The van der Waals surface area contributed by atoms with Crippen molar-refractivity contribution in [2.45, 2.75) is 18.4 Å². The molecule has 1 aromatic rings. The van der Waals surface area contributed by atoms with Gasteiger partial charge in [-0.15, -0.1) is 12.4 Å². The molecule has 2 aliphatic rings. The summed E-state index contributed by atoms with van der Waals surface area (Å²) in [6.45, 7) is 4.24. The SMILES string of the molecule is COC1(COc2ccccc2)COCCN(C(=O)C2CCNCC2)C1.Cl. The Balaban J connectivity index is 0.00000243. The largest absolute Gasteiger partial charge is 0.490 e. The molecule has 0 saturated carbocycles. The maximum absolute atomic E-state index is 12.9. The molecule has 1 amide bonds. The van der Waals surface area contributed by atoms with E-state index in [1.54, 1.807) is 7.11 Å². The molecule has 2 fully saturated rings. The first-order chi connectivity index (χ1) is 12.2. The summed E-state index contributed by atoms with van der Waals surface area (Å²) in [6, 6.07) is 9.65. The van der Waals surface area contributed by atoms with Gasteiger partial charge in [0.15, 0.2) is 0 Å². The van der Waals surface area contributed by atoms with Crippen LogP contribution in [0.5, 0.6) is 5.75 Å². The first-order valence-corrected chi connectivity index (χ1v) is 9.03. The second-order valence-electron chi connectivity index (χ2n) is 6.83. The lowest BCUT2D eigenvalue weighted by atomic mass is 9.95. The number of hydrogen-bond acceptors (Lipinski definition) is 5. The summed E-state index contributed by atoms with van der Waals surface area (Å²) in [5.41, 5.74) is -0.644. The van der Waals surface area contributed by atoms with Crippen LogP contribution in [0.25, 0.3) is 0 Å². The number of amides is 1. The summed E-state index contributed by atoms with van der Waals surface area (Å²) < 4.78 is 17.5. The minimum Gasteiger partial charge on any atom is -0.490 e. The number of methoxy groups -OCH3 is 1. The van der Waals surface area contributed by atoms with Crippen LogP contribution in [0.3, 0.4) is 0 Å². The number of halogens is 1. The summed E-state index contributed by atoms with van der Waals surface area (Å²) in [7, 11) is 1.66. The maximum atomic E-state index is 12.9. The molecule has 2 heterocycles. The molecule has 1 aromatic carbocycles. The van der Waals surface area contributed by atoms with Crippen LogP contribution in [0.15, 0.2) is 30.3 Å². The Bertz CT molecular complexity index is 554. The van der Waals surface area contributed by atoms with Gasteiger partial charge >= 0.3 is 0 Å². The monoisotopic (exact) mass is 384 g/mol. The van der Waals surface area contributed by atoms with Gasteiger partial charge in [0.1, 0.15) is 18.0 Å². The van der Waals surface area contributed by atoms with Crippen LogP contribution in [0.2, 0.25) is 0 Å². The van der Waals surface area contributed by atoms with E-state index in [0.717, 1.165) is 31.7 Å². The number of hydrogen-bond donors (Lipinski definition) is 1. The van der Waals surface area contributed by atoms with Crippen LogP contribution in [0.1, 0.15) is 12.8 Å². The van der Waals surface area contributed by atoms with Gasteiger partial charge in [-0.05, 0) is 38.1 Å². The Morgan fingerprint density at radius 3 is 2.73 bits per heavy atom. The zero-order valence-corrected chi connectivity index (χ0v) is 16.1. The second kappa shape index (κ2) is 10.1. The fourth-order valence-corrected chi connectivity index (χ4v) is 3.42. The number of para-hydroxylation sites is 1. The average molecular weight is 385 g/mol. The molecule has 7 heteroatoms. The number of carbonyl (C=O) groups is 1. The summed E-state index contributed by atoms with van der Waals surface area (Å²) in [5, 5.41) is 3.31. The van der Waals surface area contributed by atoms with Gasteiger partial charge in [-0.25, -0.2) is 0 Å². The molecule has 1 N–H and O–H groups in total. The van der Waals surface area contributed by atoms with Crippen molar-refractivity contribution in [2.24, 2.45) is 5.92 Å². The van der Waals surface area contributed by atoms with E-state index in [-0.39, 0.29) is 24.2 Å². The maximum Gasteiger partial charge on any atom is 0.225 e. The van der Waals surface area contributed by atoms with Gasteiger partial charge in [-0.3, -0.25) is 4.79 Å². The van der Waals surface area contributed by atoms with Gasteiger partial charge in [0.05, 0.1) is 19.8 Å². The highest BCUT2D eigenvalue weighted by Crippen LogP contribution is 2.23. The molecule has 0 spiro atoms. The molecule has 2 aliphatic heterocycles. The number of benzene rings is 1. The molecule has 1 atom stereocenters. The molecular weight excluding hydrogens is 356 g/mol. The van der Waals surface area contributed by atoms with Crippen molar-refractivity contribution in [1.82, 2.24) is 10.2 Å². The molecule has 0 bridgehead atoms. The number of piperidine rings is 1. The van der Waals surface area contributed by atoms with Crippen molar-refractivity contribution < 1.29 is 19.0 Å². The molecule has 26 heavy (non-hydrogen) atoms. The normalized spacial score (nSPS) is 24.4. The fourth-order valence-electron chi connectivity index (χ4n) is 3.42. The fraction of sp³-hybridized carbons (Fsp3) is 0.632. The lowest BCUT2D eigenvalue weighted by molar-refractivity contribution is -0.141. The van der Waals surface area contributed by atoms with Crippen LogP contribution < -0.4 is 10.1 Å². The summed E-state index contributed by atoms with van der Waals surface area (Å²) in [6.07, 6.45) is 1.80. The van der Waals surface area contributed by atoms with E-state index < -0.39 is 5.60 Å². The molecule has 6 nitrogen and oxygen atoms in total. The quantitative estimate of drug-likeness (QED) is 0.837. The number of nitrogens with zero attached hydrogens (tertiary/aromatic N) is 1. The van der Waals surface area contributed by atoms with Crippen LogP contribution in [0, 0.1) is 5.92 Å². The van der Waals surface area contributed by atoms with Gasteiger partial charge in [0, 0.05) is 19.6 Å². The number of carbonyl (C=O) groups excluding carboxylic acids is 1. The lowest BCUT2D eigenvalue weighted by Crippen LogP contribution is -2.53. The van der Waals surface area contributed by atoms with Crippen LogP contribution in [-0.4, -0.2) is 69.5 Å². The van der Waals surface area contributed by atoms with E-state index in [1.807, 2.05) is 35.2 Å². The zero-order valence-electron chi connectivity index (χ0n) is 15.3. The van der Waals surface area contributed by atoms with Crippen molar-refractivity contribution in [3.8, 4) is 5.75 Å². The molecule has 2 saturated heterocycles. The number of rotatable bonds is 5. The number of nitrogens with one attached hydrogen (secondary N) is 1. The van der Waals surface area contributed by atoms with Crippen LogP contribution in [0.4, 0.5) is 0 Å². The minimum absolute atomic E-state index is 0. The molecular formula is C19H29ClN2O4. The van der Waals surface area contributed by atoms with E-state index in [4.69, 9.17) is 14.2 Å². The average Bonchev–Trinajstić information content (AvgIpc) is 2.91. The van der Waals surface area contributed by atoms with Gasteiger partial charge in [-0.1, -0.05) is 18.2 Å². The number of ether oxygens (including phenoxy) is 3. The standard InChI is InChI=1S/C19H28N2O4.ClH/c1-23-19(15-25-17-5-3-2-4-6-17)13-21(11-12-24-14-19)18(22)16-7-9-20-10-8-16;/h2-6,16,20H,7-15H2,1H3;1H. The minimum atomic E-state index is -0.644. The first kappa shape index (κ1) is 21.0. The molecule has 0 aliphatic carbocycles. The molecule has 0 aromatic heterocycles. The van der Waals surface area contributed by atoms with Crippen molar-refractivity contribution in [3.63, 3.8) is 0 Å². The Labute approximate surface area is 161 Å². The topological polar surface area (TPSA) is 60.0 Å². The first-order valence-electron chi connectivity index (χ1n) is 9.03. The zero-order chi connectivity index (χ0) is 17.5. The predicted octanol–water partition coefficient (Wildman–Crippen LogP) is 1.73. The summed E-state index contributed by atoms with van der Waals surface area (Å²) in [5.74, 6) is 1.11. The van der Waals surface area contributed by atoms with Gasteiger partial charge in [0.2, 0.25) is 5.91 Å². The third-order valence-electron chi connectivity index (χ3n) is 5.03. The van der Waals surface area contributed by atoms with E-state index in [2.05, 4.69) is 5.32 Å². The van der Waals surface area contributed by atoms with Crippen LogP contribution >= 0.6 is 12.4 Å². The predicted molar refractivity (Wildman–Crippen MR) is 102 cm³/mol. The summed E-state index contributed by atoms with van der Waals surface area (Å²) >= 11 is 0. The Hall–Kier alpha value is -1.34. The highest BCUT2D eigenvalue weighted by molar-refractivity contribution is 5.85. The second-order valence-corrected chi connectivity index (χ2v) is 6.83. The third kappa shape index (κ3) is 5.33. The molecule has 3 rings (SSSR count). The highest BCUT2D eigenvalue weighted by atomic mass is 35.5. The van der Waals surface area contributed by atoms with Crippen molar-refractivity contribution in [3.05, 3.63) is 30.3 Å². The van der Waals surface area contributed by atoms with Crippen molar-refractivity contribution >= 4 is 18.3 Å². The van der Waals surface area contributed by atoms with Crippen molar-refractivity contribution in [1.29, 1.82) is 0 Å². The summed E-state index contributed by atoms with van der Waals surface area (Å²) in [4.78, 5) is 14.8. The van der Waals surface area contributed by atoms with Gasteiger partial charge in [0.25, 0.3) is 0 Å². The Kier molecular flexibility index (Phi) is 8.15. The smallest absolute Gasteiger partial charge is 0.225 e. The molecule has 0 radical (unpaired) electrons. The van der Waals surface area contributed by atoms with E-state index in [0.29, 0.717) is 32.9 Å². The Morgan fingerprint density at radius 2 is 2.04 bits per heavy atom. The highest BCUT2D eigenvalue weighted by Gasteiger charge is 2.39.